The second-order valence-corrected chi connectivity index (χ2v) is 23.5. The number of hydrogen-bond donors (Lipinski definition) is 2. The van der Waals surface area contributed by atoms with E-state index >= 15 is 0 Å². The lowest BCUT2D eigenvalue weighted by Crippen LogP contribution is -2.30. The summed E-state index contributed by atoms with van der Waals surface area (Å²) in [4.78, 5) is 7.76. The monoisotopic (exact) mass is 1010 g/mol. The molecule has 0 radical (unpaired) electrons. The molecule has 2 aliphatic heterocycles. The van der Waals surface area contributed by atoms with Crippen LogP contribution in [0.3, 0.4) is 0 Å². The van der Waals surface area contributed by atoms with Gasteiger partial charge in [0.15, 0.2) is 0 Å². The molecule has 5 heteroatoms. The van der Waals surface area contributed by atoms with Crippen molar-refractivity contribution in [2.75, 3.05) is 14.7 Å². The quantitative estimate of drug-likeness (QED) is 0.120. The summed E-state index contributed by atoms with van der Waals surface area (Å²) in [5, 5.41) is 7.83. The van der Waals surface area contributed by atoms with Crippen LogP contribution in [0.5, 0.6) is 0 Å². The van der Waals surface area contributed by atoms with E-state index in [0.717, 1.165) is 17.1 Å². The molecule has 0 saturated heterocycles. The molecule has 13 rings (SSSR count). The summed E-state index contributed by atoms with van der Waals surface area (Å²) < 4.78 is 0. The summed E-state index contributed by atoms with van der Waals surface area (Å²) in [5.74, 6) is 2.22. The highest BCUT2D eigenvalue weighted by molar-refractivity contribution is 5.80. The zero-order valence-corrected chi connectivity index (χ0v) is 45.3. The van der Waals surface area contributed by atoms with Crippen molar-refractivity contribution in [3.05, 3.63) is 222 Å². The molecule has 0 spiro atoms. The highest BCUT2D eigenvalue weighted by Crippen LogP contribution is 2.52. The van der Waals surface area contributed by atoms with Gasteiger partial charge in [0.25, 0.3) is 0 Å². The zero-order chi connectivity index (χ0) is 51.3. The Morgan fingerprint density at radius 3 is 0.987 bits per heavy atom. The maximum atomic E-state index is 3.92. The second kappa shape index (κ2) is 22.9. The summed E-state index contributed by atoms with van der Waals surface area (Å²) in [6.07, 6.45) is 35.0. The van der Waals surface area contributed by atoms with Crippen molar-refractivity contribution in [2.24, 2.45) is 0 Å². The highest BCUT2D eigenvalue weighted by atomic mass is 15.3. The van der Waals surface area contributed by atoms with Gasteiger partial charge in [0, 0.05) is 53.2 Å². The maximum Gasteiger partial charge on any atom is 0.129 e. The largest absolute Gasteiger partial charge is 0.366 e. The Hall–Kier alpha value is -6.98. The Bertz CT molecular complexity index is 2880. The van der Waals surface area contributed by atoms with Gasteiger partial charge < -0.3 is 25.3 Å². The van der Waals surface area contributed by atoms with Crippen molar-refractivity contribution >= 4 is 28.4 Å². The van der Waals surface area contributed by atoms with Gasteiger partial charge >= 0.3 is 0 Å². The fourth-order valence-electron chi connectivity index (χ4n) is 14.8. The molecule has 7 aromatic rings. The fraction of sp³-hybridized carbons (Fsp3) is 0.361. The van der Waals surface area contributed by atoms with Crippen molar-refractivity contribution in [3.8, 4) is 22.3 Å². The van der Waals surface area contributed by atoms with Gasteiger partial charge in [0.2, 0.25) is 0 Å². The number of nitrogens with zero attached hydrogens (tertiary/aromatic N) is 3. The molecule has 2 atom stereocenters. The lowest BCUT2D eigenvalue weighted by atomic mass is 9.76. The van der Waals surface area contributed by atoms with Crippen LogP contribution in [-0.4, -0.2) is 0 Å². The minimum atomic E-state index is -0.0431. The lowest BCUT2D eigenvalue weighted by Gasteiger charge is -2.37. The Balaban J connectivity index is 0.885. The first-order valence-electron chi connectivity index (χ1n) is 30.2. The van der Waals surface area contributed by atoms with Gasteiger partial charge in [-0.1, -0.05) is 180 Å². The molecule has 2 N–H and O–H groups in total. The first kappa shape index (κ1) is 49.6. The van der Waals surface area contributed by atoms with Crippen molar-refractivity contribution < 1.29 is 0 Å². The van der Waals surface area contributed by atoms with Crippen LogP contribution in [0.15, 0.2) is 189 Å². The number of rotatable bonds is 13. The Labute approximate surface area is 460 Å². The molecule has 5 nitrogen and oxygen atoms in total. The summed E-state index contributed by atoms with van der Waals surface area (Å²) >= 11 is 0. The number of benzene rings is 7. The lowest BCUT2D eigenvalue weighted by molar-refractivity contribution is 0.435. The Morgan fingerprint density at radius 2 is 0.636 bits per heavy atom. The summed E-state index contributed by atoms with van der Waals surface area (Å²) in [6, 6.07) is 62.6. The van der Waals surface area contributed by atoms with E-state index < -0.39 is 0 Å². The van der Waals surface area contributed by atoms with Crippen LogP contribution in [-0.2, 0) is 0 Å². The van der Waals surface area contributed by atoms with Crippen molar-refractivity contribution in [1.82, 2.24) is 10.6 Å². The molecule has 0 aromatic heterocycles. The van der Waals surface area contributed by atoms with Crippen LogP contribution in [0.4, 0.5) is 28.4 Å². The number of para-hydroxylation sites is 1. The molecular weight excluding hydrogens is 935 g/mol. The molecule has 4 fully saturated rings. The number of hydrogen-bond acceptors (Lipinski definition) is 5. The van der Waals surface area contributed by atoms with E-state index in [2.05, 4.69) is 214 Å². The molecule has 4 saturated carbocycles. The second-order valence-electron chi connectivity index (χ2n) is 23.5. The van der Waals surface area contributed by atoms with Crippen molar-refractivity contribution in [3.63, 3.8) is 0 Å². The normalized spacial score (nSPS) is 20.6. The SMILES string of the molecule is C1=CN(c2c(C3CCCCC3)cc(-c3ccccc3)cc2C2CCCCC2)C(c2cccc(N(c3ccccc3)c3cccc(C4NC=CN4c4c(C5CCCCC5)cc(-c5ccccc5)cc4C4CCCCC4)c3)c2)N1. The average Bonchev–Trinajstić information content (AvgIpc) is 4.29. The van der Waals surface area contributed by atoms with Gasteiger partial charge in [-0.15, -0.1) is 0 Å². The molecule has 77 heavy (non-hydrogen) atoms. The van der Waals surface area contributed by atoms with Gasteiger partial charge in [-0.25, -0.2) is 0 Å². The summed E-state index contributed by atoms with van der Waals surface area (Å²) in [5.41, 5.74) is 20.5. The van der Waals surface area contributed by atoms with Crippen LogP contribution < -0.4 is 25.3 Å². The third-order valence-corrected chi connectivity index (χ3v) is 18.7. The predicted octanol–water partition coefficient (Wildman–Crippen LogP) is 19.8. The smallest absolute Gasteiger partial charge is 0.129 e. The van der Waals surface area contributed by atoms with Gasteiger partial charge in [-0.05, 0) is 191 Å². The molecule has 7 aromatic carbocycles. The third kappa shape index (κ3) is 10.4. The van der Waals surface area contributed by atoms with Crippen LogP contribution in [0.25, 0.3) is 22.3 Å². The van der Waals surface area contributed by atoms with Gasteiger partial charge in [0.1, 0.15) is 12.3 Å². The minimum absolute atomic E-state index is 0.0431. The predicted molar refractivity (Wildman–Crippen MR) is 323 cm³/mol. The molecule has 4 aliphatic carbocycles. The fourth-order valence-corrected chi connectivity index (χ4v) is 14.8. The van der Waals surface area contributed by atoms with Crippen molar-refractivity contribution in [1.29, 1.82) is 0 Å². The van der Waals surface area contributed by atoms with Gasteiger partial charge in [-0.2, -0.15) is 0 Å². The van der Waals surface area contributed by atoms with Gasteiger partial charge in [-0.3, -0.25) is 0 Å². The van der Waals surface area contributed by atoms with E-state index in [1.165, 1.54) is 173 Å². The Morgan fingerprint density at radius 1 is 0.312 bits per heavy atom. The van der Waals surface area contributed by atoms with Crippen molar-refractivity contribution in [2.45, 2.75) is 164 Å². The highest BCUT2D eigenvalue weighted by Gasteiger charge is 2.36. The maximum absolute atomic E-state index is 3.92. The standard InChI is InChI=1S/C72H79N5/c1-8-24-52(25-9-1)60-48-65(54-28-12-3-13-29-54)69(66(49-60)55-30-14-4-15-31-55)75-44-42-73-71(75)58-36-22-40-63(46-58)77(62-38-20-7-21-39-62)64-41-23-37-59(47-64)72-74-43-45-76(72)70-67(56-32-16-5-17-33-56)50-61(53-26-10-2-11-27-53)51-68(70)57-34-18-6-19-35-57/h1-2,7-11,20-27,36-51,54-57,71-74H,3-6,12-19,28-35H2. The topological polar surface area (TPSA) is 33.8 Å². The third-order valence-electron chi connectivity index (χ3n) is 18.7. The Kier molecular flexibility index (Phi) is 14.8. The van der Waals surface area contributed by atoms with E-state index in [9.17, 15) is 0 Å². The molecular formula is C72H79N5. The average molecular weight is 1010 g/mol. The first-order chi connectivity index (χ1) is 38.2. The molecule has 392 valence electrons. The van der Waals surface area contributed by atoms with Crippen LogP contribution in [0.2, 0.25) is 0 Å². The number of anilines is 5. The minimum Gasteiger partial charge on any atom is -0.366 e. The van der Waals surface area contributed by atoms with E-state index in [0.29, 0.717) is 23.7 Å². The van der Waals surface area contributed by atoms with Gasteiger partial charge in [0.05, 0.1) is 0 Å². The molecule has 0 bridgehead atoms. The zero-order valence-electron chi connectivity index (χ0n) is 45.3. The van der Waals surface area contributed by atoms with Crippen LogP contribution >= 0.6 is 0 Å². The van der Waals surface area contributed by atoms with E-state index in [-0.39, 0.29) is 12.3 Å². The summed E-state index contributed by atoms with van der Waals surface area (Å²) in [7, 11) is 0. The van der Waals surface area contributed by atoms with Crippen LogP contribution in [0, 0.1) is 0 Å². The molecule has 6 aliphatic rings. The van der Waals surface area contributed by atoms with E-state index in [1.54, 1.807) is 22.3 Å². The van der Waals surface area contributed by atoms with E-state index in [4.69, 9.17) is 0 Å². The number of nitrogens with one attached hydrogen (secondary N) is 2. The van der Waals surface area contributed by atoms with E-state index in [1.807, 2.05) is 0 Å². The first-order valence-corrected chi connectivity index (χ1v) is 30.2. The molecule has 2 unspecified atom stereocenters. The molecule has 0 amide bonds. The summed E-state index contributed by atoms with van der Waals surface area (Å²) in [6.45, 7) is 0. The van der Waals surface area contributed by atoms with Crippen LogP contribution in [0.1, 0.15) is 198 Å². The molecule has 2 heterocycles.